The standard InChI is InChI=1S/C26H34FN7O3S/c1-16(2)18-5-6-22(34-12-17(13-34)15-38(4,35)36)20-10-28-24(9-19(18)20)30-25-11-29-32-26(31-25)33-8-7-23(37-3)21(27)14-33/h5-6,9-11,16-17,21,23H,7-8,12-15H2,1-4H3,(H,28,30,31,32)/t21-,23+/m1/s1. The number of nitrogens with one attached hydrogen (secondary N) is 1. The molecule has 2 atom stereocenters. The van der Waals surface area contributed by atoms with Gasteiger partial charge in [-0.25, -0.2) is 17.8 Å². The van der Waals surface area contributed by atoms with Crippen molar-refractivity contribution in [2.75, 3.05) is 60.4 Å². The molecule has 0 amide bonds. The molecule has 0 unspecified atom stereocenters. The fraction of sp³-hybridized carbons (Fsp3) is 0.538. The summed E-state index contributed by atoms with van der Waals surface area (Å²) in [6.45, 7) is 6.46. The average molecular weight is 544 g/mol. The van der Waals surface area contributed by atoms with Crippen molar-refractivity contribution in [2.24, 2.45) is 5.92 Å². The molecule has 10 nitrogen and oxygen atoms in total. The minimum atomic E-state index is -2.99. The highest BCUT2D eigenvalue weighted by molar-refractivity contribution is 7.90. The number of ether oxygens (including phenoxy) is 1. The Hall–Kier alpha value is -3.12. The molecule has 2 aliphatic heterocycles. The van der Waals surface area contributed by atoms with Crippen molar-refractivity contribution >= 4 is 43.9 Å². The number of anilines is 4. The molecule has 3 aromatic rings. The maximum atomic E-state index is 14.4. The van der Waals surface area contributed by atoms with E-state index < -0.39 is 22.1 Å². The molecule has 2 aliphatic rings. The van der Waals surface area contributed by atoms with Gasteiger partial charge in [0.15, 0.2) is 5.82 Å². The molecular weight excluding hydrogens is 509 g/mol. The predicted molar refractivity (Wildman–Crippen MR) is 147 cm³/mol. The summed E-state index contributed by atoms with van der Waals surface area (Å²) >= 11 is 0. The molecule has 4 heterocycles. The summed E-state index contributed by atoms with van der Waals surface area (Å²) in [5.41, 5.74) is 2.25. The Kier molecular flexibility index (Phi) is 7.36. The fourth-order valence-corrected chi connectivity index (χ4v) is 6.41. The Labute approximate surface area is 222 Å². The lowest BCUT2D eigenvalue weighted by Crippen LogP contribution is -2.49. The number of hydrogen-bond donors (Lipinski definition) is 1. The third-order valence-corrected chi connectivity index (χ3v) is 8.32. The van der Waals surface area contributed by atoms with Crippen molar-refractivity contribution in [3.63, 3.8) is 0 Å². The van der Waals surface area contributed by atoms with Crippen LogP contribution in [-0.2, 0) is 14.6 Å². The normalized spacial score (nSPS) is 20.7. The highest BCUT2D eigenvalue weighted by Gasteiger charge is 2.32. The second-order valence-corrected chi connectivity index (χ2v) is 12.8. The van der Waals surface area contributed by atoms with E-state index in [4.69, 9.17) is 4.74 Å². The lowest BCUT2D eigenvalue weighted by molar-refractivity contribution is 0.0194. The van der Waals surface area contributed by atoms with E-state index in [1.807, 2.05) is 12.3 Å². The van der Waals surface area contributed by atoms with Crippen LogP contribution in [0.25, 0.3) is 10.8 Å². The Bertz CT molecular complexity index is 1420. The second-order valence-electron chi connectivity index (χ2n) is 10.6. The van der Waals surface area contributed by atoms with Gasteiger partial charge in [0, 0.05) is 56.2 Å². The zero-order chi connectivity index (χ0) is 27.0. The number of aromatic nitrogens is 4. The van der Waals surface area contributed by atoms with E-state index in [0.29, 0.717) is 49.6 Å². The monoisotopic (exact) mass is 543 g/mol. The number of halogens is 1. The van der Waals surface area contributed by atoms with Gasteiger partial charge in [-0.2, -0.15) is 10.1 Å². The summed E-state index contributed by atoms with van der Waals surface area (Å²) in [4.78, 5) is 13.2. The van der Waals surface area contributed by atoms with Gasteiger partial charge < -0.3 is 19.9 Å². The van der Waals surface area contributed by atoms with Crippen LogP contribution < -0.4 is 15.1 Å². The van der Waals surface area contributed by atoms with E-state index in [1.165, 1.54) is 25.1 Å². The minimum absolute atomic E-state index is 0.145. The molecule has 0 radical (unpaired) electrons. The van der Waals surface area contributed by atoms with Crippen molar-refractivity contribution in [1.29, 1.82) is 0 Å². The summed E-state index contributed by atoms with van der Waals surface area (Å²) < 4.78 is 43.0. The van der Waals surface area contributed by atoms with Crippen LogP contribution in [0.4, 0.5) is 27.7 Å². The molecule has 2 aromatic heterocycles. The van der Waals surface area contributed by atoms with Crippen LogP contribution in [-0.4, -0.2) is 86.2 Å². The molecule has 1 aromatic carbocycles. The topological polar surface area (TPSA) is 113 Å². The maximum Gasteiger partial charge on any atom is 0.247 e. The lowest BCUT2D eigenvalue weighted by atomic mass is 9.93. The SMILES string of the molecule is CO[C@H]1CCN(c2nncc(Nc3cc4c(C(C)C)ccc(N5CC(CS(C)(=O)=O)C5)c4cn3)n2)C[C@H]1F. The van der Waals surface area contributed by atoms with Crippen LogP contribution in [0.5, 0.6) is 0 Å². The van der Waals surface area contributed by atoms with Crippen molar-refractivity contribution in [3.05, 3.63) is 36.2 Å². The van der Waals surface area contributed by atoms with Gasteiger partial charge >= 0.3 is 0 Å². The zero-order valence-corrected chi connectivity index (χ0v) is 22.9. The molecule has 0 bridgehead atoms. The molecule has 38 heavy (non-hydrogen) atoms. The van der Waals surface area contributed by atoms with E-state index in [0.717, 1.165) is 16.5 Å². The van der Waals surface area contributed by atoms with Gasteiger partial charge in [-0.1, -0.05) is 19.9 Å². The molecule has 1 N–H and O–H groups in total. The van der Waals surface area contributed by atoms with Gasteiger partial charge in [0.05, 0.1) is 24.6 Å². The van der Waals surface area contributed by atoms with Gasteiger partial charge in [-0.05, 0) is 35.4 Å². The minimum Gasteiger partial charge on any atom is -0.378 e. The van der Waals surface area contributed by atoms with E-state index in [1.54, 1.807) is 4.90 Å². The molecule has 5 rings (SSSR count). The summed E-state index contributed by atoms with van der Waals surface area (Å²) in [5, 5.41) is 13.5. The van der Waals surface area contributed by atoms with Crippen LogP contribution in [0.3, 0.4) is 0 Å². The zero-order valence-electron chi connectivity index (χ0n) is 22.1. The Morgan fingerprint density at radius 2 is 1.92 bits per heavy atom. The van der Waals surface area contributed by atoms with Crippen molar-refractivity contribution < 1.29 is 17.5 Å². The summed E-state index contributed by atoms with van der Waals surface area (Å²) in [6, 6.07) is 6.25. The quantitative estimate of drug-likeness (QED) is 0.454. The fourth-order valence-electron chi connectivity index (χ4n) is 5.34. The first-order valence-electron chi connectivity index (χ1n) is 12.8. The van der Waals surface area contributed by atoms with Crippen LogP contribution in [0.15, 0.2) is 30.6 Å². The van der Waals surface area contributed by atoms with E-state index in [-0.39, 0.29) is 18.2 Å². The Morgan fingerprint density at radius 3 is 2.61 bits per heavy atom. The number of nitrogens with zero attached hydrogens (tertiary/aromatic N) is 6. The van der Waals surface area contributed by atoms with Crippen LogP contribution >= 0.6 is 0 Å². The molecule has 0 saturated carbocycles. The third kappa shape index (κ3) is 5.65. The summed E-state index contributed by atoms with van der Waals surface area (Å²) in [5.74, 6) is 2.10. The first-order valence-corrected chi connectivity index (χ1v) is 14.9. The molecular formula is C26H34FN7O3S. The third-order valence-electron chi connectivity index (χ3n) is 7.24. The van der Waals surface area contributed by atoms with Crippen LogP contribution in [0.1, 0.15) is 31.7 Å². The highest BCUT2D eigenvalue weighted by Crippen LogP contribution is 2.37. The first kappa shape index (κ1) is 26.5. The van der Waals surface area contributed by atoms with Gasteiger partial charge in [-0.3, -0.25) is 0 Å². The molecule has 2 fully saturated rings. The van der Waals surface area contributed by atoms with Gasteiger partial charge in [0.2, 0.25) is 5.95 Å². The lowest BCUT2D eigenvalue weighted by Gasteiger charge is -2.41. The van der Waals surface area contributed by atoms with Gasteiger partial charge in [0.1, 0.15) is 21.8 Å². The van der Waals surface area contributed by atoms with Crippen LogP contribution in [0, 0.1) is 5.92 Å². The van der Waals surface area contributed by atoms with Crippen LogP contribution in [0.2, 0.25) is 0 Å². The molecule has 12 heteroatoms. The Morgan fingerprint density at radius 1 is 1.13 bits per heavy atom. The second kappa shape index (κ2) is 10.6. The number of alkyl halides is 1. The van der Waals surface area contributed by atoms with E-state index in [9.17, 15) is 12.8 Å². The predicted octanol–water partition coefficient (Wildman–Crippen LogP) is 3.33. The number of fused-ring (bicyclic) bond motifs is 1. The van der Waals surface area contributed by atoms with Crippen molar-refractivity contribution in [2.45, 2.75) is 38.5 Å². The number of piperidine rings is 1. The van der Waals surface area contributed by atoms with Gasteiger partial charge in [-0.15, -0.1) is 5.10 Å². The largest absolute Gasteiger partial charge is 0.378 e. The summed E-state index contributed by atoms with van der Waals surface area (Å²) in [7, 11) is -1.47. The summed E-state index contributed by atoms with van der Waals surface area (Å²) in [6.07, 6.45) is 3.68. The molecule has 2 saturated heterocycles. The number of rotatable bonds is 8. The molecule has 204 valence electrons. The smallest absolute Gasteiger partial charge is 0.247 e. The molecule has 0 aliphatic carbocycles. The van der Waals surface area contributed by atoms with Crippen molar-refractivity contribution in [1.82, 2.24) is 20.2 Å². The number of sulfone groups is 1. The average Bonchev–Trinajstić information content (AvgIpc) is 2.85. The van der Waals surface area contributed by atoms with E-state index in [2.05, 4.69) is 56.4 Å². The number of pyridine rings is 1. The Balaban J connectivity index is 1.37. The number of methoxy groups -OCH3 is 1. The van der Waals surface area contributed by atoms with E-state index >= 15 is 0 Å². The van der Waals surface area contributed by atoms with Gasteiger partial charge in [0.25, 0.3) is 0 Å². The molecule has 0 spiro atoms. The number of hydrogen-bond acceptors (Lipinski definition) is 10. The maximum absolute atomic E-state index is 14.4. The first-order chi connectivity index (χ1) is 18.1. The van der Waals surface area contributed by atoms with Crippen molar-refractivity contribution in [3.8, 4) is 0 Å². The highest BCUT2D eigenvalue weighted by atomic mass is 32.2. The number of benzene rings is 1.